The van der Waals surface area contributed by atoms with Crippen molar-refractivity contribution in [2.75, 3.05) is 39.0 Å². The number of nitrogens with zero attached hydrogens (tertiary/aromatic N) is 1. The zero-order valence-electron chi connectivity index (χ0n) is 13.5. The van der Waals surface area contributed by atoms with Crippen LogP contribution in [0.1, 0.15) is 5.56 Å². The monoisotopic (exact) mass is 359 g/mol. The molecule has 7 nitrogen and oxygen atoms in total. The smallest absolute Gasteiger partial charge is 0.234 e. The maximum Gasteiger partial charge on any atom is 0.234 e. The van der Waals surface area contributed by atoms with Gasteiger partial charge >= 0.3 is 0 Å². The number of nitrogens with one attached hydrogen (secondary N) is 2. The van der Waals surface area contributed by atoms with Crippen LogP contribution in [0.15, 0.2) is 24.3 Å². The lowest BCUT2D eigenvalue weighted by molar-refractivity contribution is -0.120. The van der Waals surface area contributed by atoms with Gasteiger partial charge in [-0.25, -0.2) is 12.8 Å². The van der Waals surface area contributed by atoms with E-state index in [2.05, 4.69) is 10.6 Å². The van der Waals surface area contributed by atoms with Gasteiger partial charge < -0.3 is 15.4 Å². The van der Waals surface area contributed by atoms with Crippen molar-refractivity contribution in [1.29, 1.82) is 0 Å². The molecule has 0 aromatic heterocycles. The minimum atomic E-state index is -3.23. The van der Waals surface area contributed by atoms with Crippen LogP contribution in [0.5, 0.6) is 0 Å². The number of halogens is 1. The zero-order chi connectivity index (χ0) is 17.6. The summed E-state index contributed by atoms with van der Waals surface area (Å²) in [5.41, 5.74) is 0.422. The van der Waals surface area contributed by atoms with Crippen molar-refractivity contribution in [3.63, 3.8) is 0 Å². The Balaban J connectivity index is 1.68. The molecule has 0 unspecified atom stereocenters. The molecule has 1 fully saturated rings. The Morgan fingerprint density at radius 3 is 2.88 bits per heavy atom. The number of benzene rings is 1. The zero-order valence-corrected chi connectivity index (χ0v) is 14.3. The number of carbonyl (C=O) groups excluding carboxylic acids is 1. The van der Waals surface area contributed by atoms with E-state index in [1.54, 1.807) is 18.2 Å². The van der Waals surface area contributed by atoms with Gasteiger partial charge in [-0.05, 0) is 6.07 Å². The first kappa shape index (κ1) is 18.8. The van der Waals surface area contributed by atoms with Crippen LogP contribution in [-0.4, -0.2) is 63.8 Å². The molecule has 134 valence electrons. The summed E-state index contributed by atoms with van der Waals surface area (Å²) in [5, 5.41) is 5.55. The second kappa shape index (κ2) is 8.52. The molecule has 0 saturated carbocycles. The molecule has 1 aromatic carbocycles. The molecule has 2 rings (SSSR count). The first-order chi connectivity index (χ1) is 11.4. The van der Waals surface area contributed by atoms with Gasteiger partial charge in [0.25, 0.3) is 0 Å². The van der Waals surface area contributed by atoms with Crippen LogP contribution in [-0.2, 0) is 26.1 Å². The second-order valence-electron chi connectivity index (χ2n) is 5.61. The van der Waals surface area contributed by atoms with Crippen molar-refractivity contribution in [2.24, 2.45) is 0 Å². The largest absolute Gasteiger partial charge is 0.374 e. The fourth-order valence-electron chi connectivity index (χ4n) is 2.36. The van der Waals surface area contributed by atoms with Crippen molar-refractivity contribution < 1.29 is 22.3 Å². The molecule has 2 N–H and O–H groups in total. The van der Waals surface area contributed by atoms with Crippen LogP contribution in [0.4, 0.5) is 4.39 Å². The van der Waals surface area contributed by atoms with E-state index in [0.29, 0.717) is 25.3 Å². The molecule has 0 radical (unpaired) electrons. The summed E-state index contributed by atoms with van der Waals surface area (Å²) in [6.45, 7) is 1.47. The molecule has 1 atom stereocenters. The van der Waals surface area contributed by atoms with Crippen LogP contribution in [0.25, 0.3) is 0 Å². The Labute approximate surface area is 141 Å². The molecule has 24 heavy (non-hydrogen) atoms. The van der Waals surface area contributed by atoms with Crippen molar-refractivity contribution in [3.8, 4) is 0 Å². The number of ether oxygens (including phenoxy) is 1. The fraction of sp³-hybridized carbons (Fsp3) is 0.533. The molecule has 0 bridgehead atoms. The average Bonchev–Trinajstić information content (AvgIpc) is 2.54. The highest BCUT2D eigenvalue weighted by Crippen LogP contribution is 2.08. The van der Waals surface area contributed by atoms with Crippen molar-refractivity contribution in [3.05, 3.63) is 35.6 Å². The van der Waals surface area contributed by atoms with E-state index in [0.717, 1.165) is 0 Å². The van der Waals surface area contributed by atoms with Gasteiger partial charge in [0, 0.05) is 31.7 Å². The Morgan fingerprint density at radius 1 is 1.42 bits per heavy atom. The van der Waals surface area contributed by atoms with Gasteiger partial charge in [-0.1, -0.05) is 18.2 Å². The van der Waals surface area contributed by atoms with Gasteiger partial charge in [-0.3, -0.25) is 4.79 Å². The van der Waals surface area contributed by atoms with Crippen molar-refractivity contribution in [1.82, 2.24) is 14.9 Å². The van der Waals surface area contributed by atoms with E-state index >= 15 is 0 Å². The molecule has 1 aliphatic rings. The van der Waals surface area contributed by atoms with Gasteiger partial charge in [0.2, 0.25) is 15.9 Å². The summed E-state index contributed by atoms with van der Waals surface area (Å²) in [7, 11) is -3.23. The lowest BCUT2D eigenvalue weighted by Gasteiger charge is -2.31. The summed E-state index contributed by atoms with van der Waals surface area (Å²) in [6, 6.07) is 6.25. The van der Waals surface area contributed by atoms with Crippen LogP contribution in [0, 0.1) is 5.82 Å². The predicted octanol–water partition coefficient (Wildman–Crippen LogP) is -0.308. The van der Waals surface area contributed by atoms with Gasteiger partial charge in [0.15, 0.2) is 0 Å². The number of sulfonamides is 1. The highest BCUT2D eigenvalue weighted by molar-refractivity contribution is 7.88. The maximum atomic E-state index is 13.4. The fourth-order valence-corrected chi connectivity index (χ4v) is 3.20. The predicted molar refractivity (Wildman–Crippen MR) is 87.3 cm³/mol. The van der Waals surface area contributed by atoms with Gasteiger partial charge in [-0.2, -0.15) is 4.31 Å². The van der Waals surface area contributed by atoms with E-state index < -0.39 is 10.0 Å². The van der Waals surface area contributed by atoms with E-state index in [9.17, 15) is 17.6 Å². The normalized spacial score (nSPS) is 19.2. The molecule has 9 heteroatoms. The second-order valence-corrected chi connectivity index (χ2v) is 7.60. The van der Waals surface area contributed by atoms with Crippen LogP contribution in [0.3, 0.4) is 0 Å². The van der Waals surface area contributed by atoms with Gasteiger partial charge in [-0.15, -0.1) is 0 Å². The first-order valence-corrected chi connectivity index (χ1v) is 9.48. The third-order valence-electron chi connectivity index (χ3n) is 3.66. The van der Waals surface area contributed by atoms with Crippen LogP contribution in [0.2, 0.25) is 0 Å². The first-order valence-electron chi connectivity index (χ1n) is 7.64. The number of rotatable bonds is 7. The summed E-state index contributed by atoms with van der Waals surface area (Å²) in [5.74, 6) is -0.628. The molecule has 0 aliphatic carbocycles. The molecule has 1 heterocycles. The van der Waals surface area contributed by atoms with Crippen molar-refractivity contribution in [2.45, 2.75) is 12.6 Å². The topological polar surface area (TPSA) is 87.7 Å². The summed E-state index contributed by atoms with van der Waals surface area (Å²) in [4.78, 5) is 11.7. The standard InChI is InChI=1S/C15H22FN3O4S/c1-24(21,22)19-6-7-23-13(11-19)9-17-10-15(20)18-8-12-4-2-3-5-14(12)16/h2-5,13,17H,6-11H2,1H3,(H,18,20)/t13-/m0/s1. The third-order valence-corrected chi connectivity index (χ3v) is 4.93. The number of morpholine rings is 1. The summed E-state index contributed by atoms with van der Waals surface area (Å²) < 4.78 is 43.3. The van der Waals surface area contributed by atoms with E-state index in [4.69, 9.17) is 4.74 Å². The van der Waals surface area contributed by atoms with Crippen LogP contribution < -0.4 is 10.6 Å². The van der Waals surface area contributed by atoms with Crippen molar-refractivity contribution >= 4 is 15.9 Å². The molecular formula is C15H22FN3O4S. The minimum absolute atomic E-state index is 0.0488. The van der Waals surface area contributed by atoms with Gasteiger partial charge in [0.05, 0.1) is 25.5 Å². The third kappa shape index (κ3) is 5.82. The Hall–Kier alpha value is -1.55. The number of amides is 1. The SMILES string of the molecule is CS(=O)(=O)N1CCO[C@@H](CNCC(=O)NCc2ccccc2F)C1. The number of hydrogen-bond donors (Lipinski definition) is 2. The summed E-state index contributed by atoms with van der Waals surface area (Å²) in [6.07, 6.45) is 0.867. The quantitative estimate of drug-likeness (QED) is 0.697. The molecule has 0 spiro atoms. The minimum Gasteiger partial charge on any atom is -0.374 e. The van der Waals surface area contributed by atoms with Gasteiger partial charge in [0.1, 0.15) is 5.82 Å². The number of carbonyl (C=O) groups is 1. The lowest BCUT2D eigenvalue weighted by Crippen LogP contribution is -2.49. The van der Waals surface area contributed by atoms with E-state index in [1.807, 2.05) is 0 Å². The Kier molecular flexibility index (Phi) is 6.67. The average molecular weight is 359 g/mol. The maximum absolute atomic E-state index is 13.4. The van der Waals surface area contributed by atoms with Crippen LogP contribution >= 0.6 is 0 Å². The molecule has 1 aliphatic heterocycles. The molecule has 1 aromatic rings. The van der Waals surface area contributed by atoms with E-state index in [1.165, 1.54) is 16.6 Å². The highest BCUT2D eigenvalue weighted by Gasteiger charge is 2.26. The Morgan fingerprint density at radius 2 is 2.17 bits per heavy atom. The summed E-state index contributed by atoms with van der Waals surface area (Å²) >= 11 is 0. The molecular weight excluding hydrogens is 337 g/mol. The Bertz CT molecular complexity index is 668. The molecule has 1 amide bonds. The molecule has 1 saturated heterocycles. The number of hydrogen-bond acceptors (Lipinski definition) is 5. The lowest BCUT2D eigenvalue weighted by atomic mass is 10.2. The highest BCUT2D eigenvalue weighted by atomic mass is 32.2. The van der Waals surface area contributed by atoms with E-state index in [-0.39, 0.29) is 37.5 Å².